The molecule has 2 aromatic carbocycles. The highest BCUT2D eigenvalue weighted by atomic mass is 19.4. The molecule has 6 nitrogen and oxygen atoms in total. The number of alkyl halides is 3. The third-order valence-electron chi connectivity index (χ3n) is 4.79. The molecule has 3 rings (SSSR count). The fourth-order valence-corrected chi connectivity index (χ4v) is 3.14. The maximum atomic E-state index is 12.8. The molecule has 0 fully saturated rings. The Bertz CT molecular complexity index is 1080. The van der Waals surface area contributed by atoms with Crippen molar-refractivity contribution in [3.05, 3.63) is 59.8 Å². The normalized spacial score (nSPS) is 11.5. The highest BCUT2D eigenvalue weighted by Gasteiger charge is 2.30. The molecule has 2 amide bonds. The number of carbonyl (C=O) groups is 2. The quantitative estimate of drug-likeness (QED) is 0.307. The number of aromatic nitrogens is 1. The molecule has 1 heterocycles. The van der Waals surface area contributed by atoms with E-state index in [9.17, 15) is 22.8 Å². The number of amides is 2. The molecule has 0 unspecified atom stereocenters. The fraction of sp³-hybridized carbons (Fsp3) is 0.273. The summed E-state index contributed by atoms with van der Waals surface area (Å²) in [5, 5.41) is 5.81. The van der Waals surface area contributed by atoms with Crippen molar-refractivity contribution in [1.29, 1.82) is 0 Å². The van der Waals surface area contributed by atoms with Gasteiger partial charge < -0.3 is 21.4 Å². The van der Waals surface area contributed by atoms with Gasteiger partial charge in [-0.2, -0.15) is 13.2 Å². The number of halogens is 3. The molecular weight excluding hydrogens is 409 g/mol. The number of benzene rings is 2. The number of nitrogen functional groups attached to an aromatic ring is 1. The van der Waals surface area contributed by atoms with Crippen LogP contribution in [0.2, 0.25) is 0 Å². The van der Waals surface area contributed by atoms with E-state index in [1.807, 2.05) is 0 Å². The van der Waals surface area contributed by atoms with Crippen molar-refractivity contribution >= 4 is 34.1 Å². The number of fused-ring (bicyclic) bond motifs is 1. The maximum absolute atomic E-state index is 12.8. The number of para-hydroxylation sites is 2. The van der Waals surface area contributed by atoms with E-state index in [4.69, 9.17) is 5.73 Å². The van der Waals surface area contributed by atoms with Crippen molar-refractivity contribution in [3.8, 4) is 0 Å². The largest absolute Gasteiger partial charge is 0.416 e. The zero-order chi connectivity index (χ0) is 22.4. The summed E-state index contributed by atoms with van der Waals surface area (Å²) in [6, 6.07) is 11.7. The summed E-state index contributed by atoms with van der Waals surface area (Å²) in [4.78, 5) is 27.0. The number of rotatable bonds is 8. The summed E-state index contributed by atoms with van der Waals surface area (Å²) in [6.07, 6.45) is -2.03. The summed E-state index contributed by atoms with van der Waals surface area (Å²) >= 11 is 0. The lowest BCUT2D eigenvalue weighted by Gasteiger charge is -2.08. The van der Waals surface area contributed by atoms with Crippen molar-refractivity contribution in [3.63, 3.8) is 0 Å². The molecule has 0 aliphatic rings. The summed E-state index contributed by atoms with van der Waals surface area (Å²) in [5.74, 6) is -0.514. The van der Waals surface area contributed by atoms with E-state index < -0.39 is 11.7 Å². The van der Waals surface area contributed by atoms with Gasteiger partial charge in [0.2, 0.25) is 5.91 Å². The first kappa shape index (κ1) is 22.2. The first-order chi connectivity index (χ1) is 14.7. The molecular formula is C22H23F3N4O2. The van der Waals surface area contributed by atoms with Gasteiger partial charge >= 0.3 is 6.18 Å². The number of aromatic amines is 1. The van der Waals surface area contributed by atoms with Crippen LogP contribution in [-0.4, -0.2) is 23.3 Å². The Labute approximate surface area is 177 Å². The standard InChI is InChI=1S/C22H23F3N4O2/c23-22(24,25)15-9-10-17-14(12-15)13-19(28-17)21(31)27-11-5-1-2-8-20(30)29-18-7-4-3-6-16(18)26/h3-4,6-7,9-10,12-13,28H,1-2,5,8,11,26H2,(H,27,31)(H,29,30). The van der Waals surface area contributed by atoms with E-state index in [1.165, 1.54) is 12.1 Å². The first-order valence-corrected chi connectivity index (χ1v) is 9.86. The Morgan fingerprint density at radius 1 is 1.00 bits per heavy atom. The van der Waals surface area contributed by atoms with Crippen LogP contribution < -0.4 is 16.4 Å². The van der Waals surface area contributed by atoms with Gasteiger partial charge in [0, 0.05) is 23.9 Å². The number of H-pyrrole nitrogens is 1. The van der Waals surface area contributed by atoms with Crippen LogP contribution in [-0.2, 0) is 11.0 Å². The maximum Gasteiger partial charge on any atom is 0.416 e. The van der Waals surface area contributed by atoms with Crippen molar-refractivity contribution in [1.82, 2.24) is 10.3 Å². The van der Waals surface area contributed by atoms with Crippen LogP contribution in [0.25, 0.3) is 10.9 Å². The minimum absolute atomic E-state index is 0.127. The van der Waals surface area contributed by atoms with Gasteiger partial charge in [-0.3, -0.25) is 9.59 Å². The number of hydrogen-bond acceptors (Lipinski definition) is 3. The first-order valence-electron chi connectivity index (χ1n) is 9.86. The zero-order valence-electron chi connectivity index (χ0n) is 16.7. The van der Waals surface area contributed by atoms with Crippen LogP contribution >= 0.6 is 0 Å². The lowest BCUT2D eigenvalue weighted by molar-refractivity contribution is -0.137. The van der Waals surface area contributed by atoms with Crippen LogP contribution in [0.4, 0.5) is 24.5 Å². The highest BCUT2D eigenvalue weighted by Crippen LogP contribution is 2.31. The molecule has 9 heteroatoms. The number of nitrogens with one attached hydrogen (secondary N) is 3. The molecule has 164 valence electrons. The third kappa shape index (κ3) is 6.00. The average molecular weight is 432 g/mol. The van der Waals surface area contributed by atoms with Gasteiger partial charge in [0.25, 0.3) is 5.91 Å². The molecule has 3 aromatic rings. The van der Waals surface area contributed by atoms with Gasteiger partial charge in [-0.05, 0) is 49.2 Å². The van der Waals surface area contributed by atoms with Crippen molar-refractivity contribution < 1.29 is 22.8 Å². The molecule has 0 saturated carbocycles. The Kier molecular flexibility index (Phi) is 6.84. The Hall–Kier alpha value is -3.49. The lowest BCUT2D eigenvalue weighted by atomic mass is 10.1. The zero-order valence-corrected chi connectivity index (χ0v) is 16.7. The van der Waals surface area contributed by atoms with Crippen molar-refractivity contribution in [2.45, 2.75) is 31.9 Å². The average Bonchev–Trinajstić information content (AvgIpc) is 3.15. The molecule has 5 N–H and O–H groups in total. The van der Waals surface area contributed by atoms with E-state index >= 15 is 0 Å². The van der Waals surface area contributed by atoms with E-state index in [1.54, 1.807) is 24.3 Å². The Morgan fingerprint density at radius 3 is 2.52 bits per heavy atom. The van der Waals surface area contributed by atoms with Crippen molar-refractivity contribution in [2.24, 2.45) is 0 Å². The SMILES string of the molecule is Nc1ccccc1NC(=O)CCCCCNC(=O)c1cc2cc(C(F)(F)F)ccc2[nH]1. The van der Waals surface area contributed by atoms with Crippen LogP contribution in [0.5, 0.6) is 0 Å². The number of unbranched alkanes of at least 4 members (excludes halogenated alkanes) is 2. The number of nitrogens with two attached hydrogens (primary N) is 1. The monoisotopic (exact) mass is 432 g/mol. The second-order valence-corrected chi connectivity index (χ2v) is 7.18. The summed E-state index contributed by atoms with van der Waals surface area (Å²) < 4.78 is 38.4. The molecule has 0 atom stereocenters. The van der Waals surface area contributed by atoms with Gasteiger partial charge in [-0.1, -0.05) is 18.6 Å². The predicted molar refractivity (Wildman–Crippen MR) is 114 cm³/mol. The molecule has 31 heavy (non-hydrogen) atoms. The van der Waals surface area contributed by atoms with Gasteiger partial charge in [0.15, 0.2) is 0 Å². The minimum atomic E-state index is -4.43. The molecule has 0 saturated heterocycles. The number of hydrogen-bond donors (Lipinski definition) is 4. The second-order valence-electron chi connectivity index (χ2n) is 7.18. The molecule has 0 aliphatic heterocycles. The van der Waals surface area contributed by atoms with E-state index in [0.717, 1.165) is 18.6 Å². The minimum Gasteiger partial charge on any atom is -0.397 e. The highest BCUT2D eigenvalue weighted by molar-refractivity contribution is 5.98. The molecule has 0 bridgehead atoms. The van der Waals surface area contributed by atoms with Gasteiger partial charge in [0.05, 0.1) is 16.9 Å². The molecule has 0 spiro atoms. The smallest absolute Gasteiger partial charge is 0.397 e. The van der Waals surface area contributed by atoms with Gasteiger partial charge in [0.1, 0.15) is 5.69 Å². The van der Waals surface area contributed by atoms with Crippen LogP contribution in [0, 0.1) is 0 Å². The van der Waals surface area contributed by atoms with E-state index in [2.05, 4.69) is 15.6 Å². The van der Waals surface area contributed by atoms with Crippen molar-refractivity contribution in [2.75, 3.05) is 17.6 Å². The van der Waals surface area contributed by atoms with Gasteiger partial charge in [-0.15, -0.1) is 0 Å². The van der Waals surface area contributed by atoms with E-state index in [-0.39, 0.29) is 17.5 Å². The number of carbonyl (C=O) groups excluding carboxylic acids is 2. The Balaban J connectivity index is 1.39. The molecule has 0 radical (unpaired) electrons. The van der Waals surface area contributed by atoms with Crippen LogP contribution in [0.15, 0.2) is 48.5 Å². The predicted octanol–water partition coefficient (Wildman–Crippen LogP) is 4.70. The topological polar surface area (TPSA) is 100 Å². The molecule has 0 aliphatic carbocycles. The Morgan fingerprint density at radius 2 is 1.77 bits per heavy atom. The lowest BCUT2D eigenvalue weighted by Crippen LogP contribution is -2.24. The van der Waals surface area contributed by atoms with E-state index in [0.29, 0.717) is 48.1 Å². The molecule has 1 aromatic heterocycles. The fourth-order valence-electron chi connectivity index (χ4n) is 3.14. The van der Waals surface area contributed by atoms with Crippen LogP contribution in [0.3, 0.4) is 0 Å². The summed E-state index contributed by atoms with van der Waals surface area (Å²) in [5.41, 5.74) is 6.78. The summed E-state index contributed by atoms with van der Waals surface area (Å²) in [7, 11) is 0. The number of anilines is 2. The second kappa shape index (κ2) is 9.55. The third-order valence-corrected chi connectivity index (χ3v) is 4.79. The van der Waals surface area contributed by atoms with Crippen LogP contribution in [0.1, 0.15) is 41.7 Å². The van der Waals surface area contributed by atoms with Gasteiger partial charge in [-0.25, -0.2) is 0 Å². The summed E-state index contributed by atoms with van der Waals surface area (Å²) in [6.45, 7) is 0.398.